The molecule has 0 bridgehead atoms. The Morgan fingerprint density at radius 2 is 2.14 bits per heavy atom. The molecular weight excluding hydrogens is 290 g/mol. The first-order valence-corrected chi connectivity index (χ1v) is 8.76. The molecule has 1 aliphatic heterocycles. The minimum absolute atomic E-state index is 0.166. The van der Waals surface area contributed by atoms with Crippen molar-refractivity contribution < 1.29 is 12.8 Å². The Balaban J connectivity index is 1.57. The average Bonchev–Trinajstić information content (AvgIpc) is 2.98. The van der Waals surface area contributed by atoms with Crippen LogP contribution in [0.25, 0.3) is 11.0 Å². The van der Waals surface area contributed by atoms with Crippen molar-refractivity contribution in [3.8, 4) is 0 Å². The van der Waals surface area contributed by atoms with Gasteiger partial charge in [-0.15, -0.1) is 0 Å². The lowest BCUT2D eigenvalue weighted by Crippen LogP contribution is -2.37. The SMILES string of the molecule is O=S(=O)(NC1CC1)[C@@H]1CCN(c2nccc3occc23)C1. The molecule has 2 aliphatic rings. The number of aromatic nitrogens is 1. The third-order valence-electron chi connectivity index (χ3n) is 4.15. The molecule has 2 aromatic rings. The summed E-state index contributed by atoms with van der Waals surface area (Å²) in [4.78, 5) is 6.44. The summed E-state index contributed by atoms with van der Waals surface area (Å²) in [6.07, 6.45) is 5.90. The van der Waals surface area contributed by atoms with Crippen LogP contribution in [0, 0.1) is 0 Å². The highest BCUT2D eigenvalue weighted by molar-refractivity contribution is 7.90. The molecule has 0 amide bonds. The first-order valence-electron chi connectivity index (χ1n) is 7.22. The molecule has 21 heavy (non-hydrogen) atoms. The van der Waals surface area contributed by atoms with Crippen LogP contribution in [0.5, 0.6) is 0 Å². The van der Waals surface area contributed by atoms with Gasteiger partial charge in [0, 0.05) is 25.3 Å². The number of fused-ring (bicyclic) bond motifs is 1. The fourth-order valence-corrected chi connectivity index (χ4v) is 4.52. The van der Waals surface area contributed by atoms with Crippen LogP contribution in [-0.2, 0) is 10.0 Å². The van der Waals surface area contributed by atoms with Gasteiger partial charge in [0.15, 0.2) is 0 Å². The van der Waals surface area contributed by atoms with Crippen molar-refractivity contribution >= 4 is 26.8 Å². The molecule has 6 nitrogen and oxygen atoms in total. The largest absolute Gasteiger partial charge is 0.464 e. The summed E-state index contributed by atoms with van der Waals surface area (Å²) in [5.74, 6) is 0.811. The van der Waals surface area contributed by atoms with E-state index < -0.39 is 10.0 Å². The molecule has 1 atom stereocenters. The van der Waals surface area contributed by atoms with E-state index in [0.29, 0.717) is 19.5 Å². The van der Waals surface area contributed by atoms with Crippen LogP contribution in [-0.4, -0.2) is 37.8 Å². The van der Waals surface area contributed by atoms with Crippen molar-refractivity contribution in [2.24, 2.45) is 0 Å². The van der Waals surface area contributed by atoms with Gasteiger partial charge in [0.05, 0.1) is 16.9 Å². The lowest BCUT2D eigenvalue weighted by atomic mass is 10.3. The summed E-state index contributed by atoms with van der Waals surface area (Å²) < 4.78 is 32.8. The molecule has 1 aliphatic carbocycles. The normalized spacial score (nSPS) is 23.0. The number of nitrogens with one attached hydrogen (secondary N) is 1. The maximum Gasteiger partial charge on any atom is 0.216 e. The van der Waals surface area contributed by atoms with Gasteiger partial charge in [0.1, 0.15) is 11.4 Å². The second-order valence-corrected chi connectivity index (χ2v) is 7.75. The number of anilines is 1. The van der Waals surface area contributed by atoms with E-state index in [0.717, 1.165) is 29.6 Å². The highest BCUT2D eigenvalue weighted by atomic mass is 32.2. The van der Waals surface area contributed by atoms with Crippen molar-refractivity contribution in [3.63, 3.8) is 0 Å². The number of hydrogen-bond donors (Lipinski definition) is 1. The molecule has 0 aromatic carbocycles. The molecular formula is C14H17N3O3S. The maximum absolute atomic E-state index is 12.3. The van der Waals surface area contributed by atoms with Gasteiger partial charge in [-0.2, -0.15) is 0 Å². The van der Waals surface area contributed by atoms with Crippen molar-refractivity contribution in [3.05, 3.63) is 24.6 Å². The zero-order chi connectivity index (χ0) is 14.4. The topological polar surface area (TPSA) is 75.4 Å². The number of pyridine rings is 1. The van der Waals surface area contributed by atoms with Crippen molar-refractivity contribution in [2.45, 2.75) is 30.6 Å². The van der Waals surface area contributed by atoms with Crippen LogP contribution < -0.4 is 9.62 Å². The highest BCUT2D eigenvalue weighted by Crippen LogP contribution is 2.30. The first kappa shape index (κ1) is 13.1. The molecule has 1 N–H and O–H groups in total. The van der Waals surface area contributed by atoms with E-state index in [1.807, 2.05) is 17.0 Å². The van der Waals surface area contributed by atoms with E-state index in [9.17, 15) is 8.42 Å². The molecule has 0 radical (unpaired) electrons. The Morgan fingerprint density at radius 3 is 2.95 bits per heavy atom. The quantitative estimate of drug-likeness (QED) is 0.926. The van der Waals surface area contributed by atoms with Crippen LogP contribution >= 0.6 is 0 Å². The van der Waals surface area contributed by atoms with Gasteiger partial charge in [-0.1, -0.05) is 0 Å². The van der Waals surface area contributed by atoms with Gasteiger partial charge in [-0.25, -0.2) is 18.1 Å². The molecule has 7 heteroatoms. The summed E-state index contributed by atoms with van der Waals surface area (Å²) >= 11 is 0. The molecule has 112 valence electrons. The van der Waals surface area contributed by atoms with Gasteiger partial charge in [-0.05, 0) is 31.4 Å². The molecule has 0 unspecified atom stereocenters. The third kappa shape index (κ3) is 2.40. The van der Waals surface area contributed by atoms with E-state index in [1.165, 1.54) is 0 Å². The van der Waals surface area contributed by atoms with Gasteiger partial charge in [0.2, 0.25) is 10.0 Å². The van der Waals surface area contributed by atoms with E-state index >= 15 is 0 Å². The zero-order valence-electron chi connectivity index (χ0n) is 11.5. The van der Waals surface area contributed by atoms with Gasteiger partial charge < -0.3 is 9.32 Å². The van der Waals surface area contributed by atoms with Crippen LogP contribution in [0.3, 0.4) is 0 Å². The molecule has 1 saturated carbocycles. The maximum atomic E-state index is 12.3. The summed E-state index contributed by atoms with van der Waals surface area (Å²) in [6, 6.07) is 3.86. The predicted molar refractivity (Wildman–Crippen MR) is 79.7 cm³/mol. The fraction of sp³-hybridized carbons (Fsp3) is 0.500. The number of rotatable bonds is 4. The van der Waals surface area contributed by atoms with Crippen LogP contribution in [0.15, 0.2) is 29.0 Å². The molecule has 3 heterocycles. The van der Waals surface area contributed by atoms with Gasteiger partial charge in [-0.3, -0.25) is 0 Å². The standard InChI is InChI=1S/C14H17N3O3S/c18-21(19,16-10-1-2-10)11-4-7-17(9-11)14-12-5-8-20-13(12)3-6-15-14/h3,5-6,8,10-11,16H,1-2,4,7,9H2/t11-/m1/s1. The number of sulfonamides is 1. The van der Waals surface area contributed by atoms with Crippen LogP contribution in [0.1, 0.15) is 19.3 Å². The van der Waals surface area contributed by atoms with E-state index in [4.69, 9.17) is 4.42 Å². The number of hydrogen-bond acceptors (Lipinski definition) is 5. The number of nitrogens with zero attached hydrogens (tertiary/aromatic N) is 2. The zero-order valence-corrected chi connectivity index (χ0v) is 12.3. The first-order chi connectivity index (χ1) is 10.1. The molecule has 0 spiro atoms. The van der Waals surface area contributed by atoms with Crippen molar-refractivity contribution in [2.75, 3.05) is 18.0 Å². The monoisotopic (exact) mass is 307 g/mol. The Hall–Kier alpha value is -1.60. The van der Waals surface area contributed by atoms with Crippen molar-refractivity contribution in [1.82, 2.24) is 9.71 Å². The minimum atomic E-state index is -3.22. The van der Waals surface area contributed by atoms with Crippen LogP contribution in [0.2, 0.25) is 0 Å². The Labute approximate surface area is 123 Å². The Bertz CT molecular complexity index is 767. The summed E-state index contributed by atoms with van der Waals surface area (Å²) in [5.41, 5.74) is 0.780. The number of furan rings is 1. The Morgan fingerprint density at radius 1 is 1.29 bits per heavy atom. The molecule has 2 aromatic heterocycles. The molecule has 4 rings (SSSR count). The second kappa shape index (κ2) is 4.71. The van der Waals surface area contributed by atoms with Gasteiger partial charge >= 0.3 is 0 Å². The highest BCUT2D eigenvalue weighted by Gasteiger charge is 2.37. The predicted octanol–water partition coefficient (Wildman–Crippen LogP) is 1.49. The third-order valence-corrected chi connectivity index (χ3v) is 6.07. The fourth-order valence-electron chi connectivity index (χ4n) is 2.84. The summed E-state index contributed by atoms with van der Waals surface area (Å²) in [7, 11) is -3.22. The molecule has 1 saturated heterocycles. The lowest BCUT2D eigenvalue weighted by molar-refractivity contribution is 0.568. The van der Waals surface area contributed by atoms with E-state index in [-0.39, 0.29) is 11.3 Å². The molecule has 2 fully saturated rings. The van der Waals surface area contributed by atoms with Gasteiger partial charge in [0.25, 0.3) is 0 Å². The van der Waals surface area contributed by atoms with E-state index in [1.54, 1.807) is 12.5 Å². The summed E-state index contributed by atoms with van der Waals surface area (Å²) in [6.45, 7) is 1.19. The van der Waals surface area contributed by atoms with Crippen molar-refractivity contribution in [1.29, 1.82) is 0 Å². The lowest BCUT2D eigenvalue weighted by Gasteiger charge is -2.18. The minimum Gasteiger partial charge on any atom is -0.464 e. The average molecular weight is 307 g/mol. The van der Waals surface area contributed by atoms with E-state index in [2.05, 4.69) is 9.71 Å². The summed E-state index contributed by atoms with van der Waals surface area (Å²) in [5, 5.41) is 0.577. The second-order valence-electron chi connectivity index (χ2n) is 5.76. The smallest absolute Gasteiger partial charge is 0.216 e. The Kier molecular flexibility index (Phi) is 2.93. The van der Waals surface area contributed by atoms with Crippen LogP contribution in [0.4, 0.5) is 5.82 Å².